The molecule has 116 valence electrons. The van der Waals surface area contributed by atoms with Crippen LogP contribution >= 0.6 is 11.8 Å². The van der Waals surface area contributed by atoms with Gasteiger partial charge in [-0.2, -0.15) is 13.2 Å². The molecule has 0 aliphatic carbocycles. The van der Waals surface area contributed by atoms with Gasteiger partial charge in [0, 0.05) is 14.1 Å². The van der Waals surface area contributed by atoms with Crippen molar-refractivity contribution in [2.45, 2.75) is 42.0 Å². The Hall–Kier alpha value is -0.550. The molecular weight excluding hydrogens is 299 g/mol. The van der Waals surface area contributed by atoms with Crippen LogP contribution in [0, 0.1) is 0 Å². The van der Waals surface area contributed by atoms with E-state index in [4.69, 9.17) is 10.5 Å². The Labute approximate surface area is 117 Å². The molecule has 0 spiro atoms. The molecule has 10 heteroatoms. The molecule has 2 heterocycles. The minimum atomic E-state index is -4.72. The SMILES string of the molecule is CN(C)C1=N[C@@H]2[C@@H](O)[C@H](O)[C@H]([C@@H](N)C(F)(F)F)O[C@@H]2S1. The molecule has 0 radical (unpaired) electrons. The van der Waals surface area contributed by atoms with Crippen molar-refractivity contribution < 1.29 is 28.1 Å². The molecular formula is C10H16F3N3O3S. The first-order chi connectivity index (χ1) is 9.12. The lowest BCUT2D eigenvalue weighted by Gasteiger charge is -2.40. The lowest BCUT2D eigenvalue weighted by molar-refractivity contribution is -0.222. The van der Waals surface area contributed by atoms with Gasteiger partial charge in [0.2, 0.25) is 0 Å². The first-order valence-electron chi connectivity index (χ1n) is 5.88. The van der Waals surface area contributed by atoms with Crippen LogP contribution in [-0.4, -0.2) is 76.4 Å². The molecule has 0 saturated carbocycles. The van der Waals surface area contributed by atoms with Crippen molar-refractivity contribution in [1.29, 1.82) is 0 Å². The minimum absolute atomic E-state index is 0.521. The summed E-state index contributed by atoms with van der Waals surface area (Å²) >= 11 is 1.10. The number of nitrogens with two attached hydrogens (primary N) is 1. The highest BCUT2D eigenvalue weighted by atomic mass is 32.2. The Morgan fingerprint density at radius 3 is 2.45 bits per heavy atom. The molecule has 4 N–H and O–H groups in total. The summed E-state index contributed by atoms with van der Waals surface area (Å²) in [4.78, 5) is 5.80. The van der Waals surface area contributed by atoms with Gasteiger partial charge in [-0.25, -0.2) is 0 Å². The van der Waals surface area contributed by atoms with Crippen LogP contribution in [0.2, 0.25) is 0 Å². The highest BCUT2D eigenvalue weighted by Crippen LogP contribution is 2.39. The molecule has 0 amide bonds. The number of aliphatic hydroxyl groups is 2. The molecule has 1 saturated heterocycles. The van der Waals surface area contributed by atoms with Crippen LogP contribution in [0.5, 0.6) is 0 Å². The third kappa shape index (κ3) is 2.75. The van der Waals surface area contributed by atoms with Crippen LogP contribution in [0.25, 0.3) is 0 Å². The van der Waals surface area contributed by atoms with Crippen LogP contribution in [0.1, 0.15) is 0 Å². The van der Waals surface area contributed by atoms with Crippen LogP contribution in [0.3, 0.4) is 0 Å². The van der Waals surface area contributed by atoms with Gasteiger partial charge < -0.3 is 25.6 Å². The Balaban J connectivity index is 2.17. The molecule has 6 atom stereocenters. The molecule has 0 aromatic rings. The number of aliphatic imine (C=N–C) groups is 1. The van der Waals surface area contributed by atoms with Crippen LogP contribution in [-0.2, 0) is 4.74 Å². The monoisotopic (exact) mass is 315 g/mol. The fraction of sp³-hybridized carbons (Fsp3) is 0.900. The van der Waals surface area contributed by atoms with E-state index in [1.54, 1.807) is 19.0 Å². The Morgan fingerprint density at radius 1 is 1.35 bits per heavy atom. The van der Waals surface area contributed by atoms with E-state index in [1.165, 1.54) is 0 Å². The van der Waals surface area contributed by atoms with Gasteiger partial charge in [-0.3, -0.25) is 4.99 Å². The van der Waals surface area contributed by atoms with E-state index < -0.39 is 42.0 Å². The molecule has 1 fully saturated rings. The smallest absolute Gasteiger partial charge is 0.388 e. The molecule has 2 aliphatic heterocycles. The summed E-state index contributed by atoms with van der Waals surface area (Å²) in [6.07, 6.45) is -9.61. The van der Waals surface area contributed by atoms with Crippen molar-refractivity contribution in [3.63, 3.8) is 0 Å². The topological polar surface area (TPSA) is 91.3 Å². The van der Waals surface area contributed by atoms with Crippen molar-refractivity contribution >= 4 is 16.9 Å². The second-order valence-electron chi connectivity index (χ2n) is 4.93. The predicted molar refractivity (Wildman–Crippen MR) is 67.2 cm³/mol. The number of nitrogens with zero attached hydrogens (tertiary/aromatic N) is 2. The van der Waals surface area contributed by atoms with Crippen molar-refractivity contribution in [2.24, 2.45) is 10.7 Å². The summed E-state index contributed by atoms with van der Waals surface area (Å²) in [6.45, 7) is 0. The molecule has 0 aromatic carbocycles. The molecule has 2 rings (SSSR count). The normalized spacial score (nSPS) is 39.2. The van der Waals surface area contributed by atoms with E-state index in [0.29, 0.717) is 5.17 Å². The zero-order valence-electron chi connectivity index (χ0n) is 10.8. The molecule has 0 aromatic heterocycles. The van der Waals surface area contributed by atoms with Crippen molar-refractivity contribution in [2.75, 3.05) is 14.1 Å². The van der Waals surface area contributed by atoms with Gasteiger partial charge in [0.1, 0.15) is 35.8 Å². The summed E-state index contributed by atoms with van der Waals surface area (Å²) < 4.78 is 43.2. The second-order valence-corrected chi connectivity index (χ2v) is 6.00. The maximum atomic E-state index is 12.6. The summed E-state index contributed by atoms with van der Waals surface area (Å²) in [5.41, 5.74) is 4.29. The third-order valence-electron chi connectivity index (χ3n) is 3.20. The van der Waals surface area contributed by atoms with E-state index in [1.807, 2.05) is 0 Å². The molecule has 20 heavy (non-hydrogen) atoms. The van der Waals surface area contributed by atoms with E-state index in [9.17, 15) is 23.4 Å². The molecule has 0 unspecified atom stereocenters. The van der Waals surface area contributed by atoms with Gasteiger partial charge in [-0.05, 0) is 0 Å². The lowest BCUT2D eigenvalue weighted by atomic mass is 9.94. The van der Waals surface area contributed by atoms with E-state index >= 15 is 0 Å². The van der Waals surface area contributed by atoms with E-state index in [0.717, 1.165) is 11.8 Å². The summed E-state index contributed by atoms with van der Waals surface area (Å²) in [5, 5.41) is 20.3. The predicted octanol–water partition coefficient (Wildman–Crippen LogP) is -0.644. The largest absolute Gasteiger partial charge is 0.406 e. The fourth-order valence-corrected chi connectivity index (χ4v) is 3.22. The average molecular weight is 315 g/mol. The van der Waals surface area contributed by atoms with Crippen molar-refractivity contribution in [1.82, 2.24) is 4.90 Å². The highest BCUT2D eigenvalue weighted by molar-refractivity contribution is 8.14. The summed E-state index contributed by atoms with van der Waals surface area (Å²) in [7, 11) is 3.43. The average Bonchev–Trinajstić information content (AvgIpc) is 2.76. The van der Waals surface area contributed by atoms with E-state index in [2.05, 4.69) is 4.99 Å². The van der Waals surface area contributed by atoms with Crippen LogP contribution < -0.4 is 5.73 Å². The van der Waals surface area contributed by atoms with Crippen molar-refractivity contribution in [3.8, 4) is 0 Å². The Bertz CT molecular complexity index is 407. The van der Waals surface area contributed by atoms with Gasteiger partial charge in [-0.1, -0.05) is 11.8 Å². The molecule has 0 bridgehead atoms. The number of ether oxygens (including phenoxy) is 1. The first kappa shape index (κ1) is 15.8. The Morgan fingerprint density at radius 2 is 1.95 bits per heavy atom. The number of halogens is 3. The number of aliphatic hydroxyl groups excluding tert-OH is 2. The summed E-state index contributed by atoms with van der Waals surface area (Å²) in [6, 6.07) is -3.17. The van der Waals surface area contributed by atoms with Gasteiger partial charge in [0.15, 0.2) is 5.17 Å². The number of hydrogen-bond donors (Lipinski definition) is 3. The molecule has 6 nitrogen and oxygen atoms in total. The van der Waals surface area contributed by atoms with Gasteiger partial charge in [0.25, 0.3) is 0 Å². The van der Waals surface area contributed by atoms with E-state index in [-0.39, 0.29) is 0 Å². The third-order valence-corrected chi connectivity index (χ3v) is 4.51. The quantitative estimate of drug-likeness (QED) is 0.596. The number of thioether (sulfide) groups is 1. The standard InChI is InChI=1S/C10H16F3N3O3S/c1-16(2)9-15-3-4(17)5(18)6(19-8(3)20-9)7(14)10(11,12)13/h3-8,17-18H,14H2,1-2H3/t3-,4-,5+,6-,7-,8-/m1/s1. The fourth-order valence-electron chi connectivity index (χ4n) is 2.07. The number of hydrogen-bond acceptors (Lipinski definition) is 7. The maximum absolute atomic E-state index is 12.6. The van der Waals surface area contributed by atoms with Crippen molar-refractivity contribution in [3.05, 3.63) is 0 Å². The minimum Gasteiger partial charge on any atom is -0.388 e. The zero-order chi connectivity index (χ0) is 15.2. The van der Waals surface area contributed by atoms with Crippen LogP contribution in [0.15, 0.2) is 4.99 Å². The number of alkyl halides is 3. The number of rotatable bonds is 1. The van der Waals surface area contributed by atoms with Gasteiger partial charge in [0.05, 0.1) is 0 Å². The number of fused-ring (bicyclic) bond motifs is 1. The second kappa shape index (κ2) is 5.34. The lowest BCUT2D eigenvalue weighted by Crippen LogP contribution is -2.63. The zero-order valence-corrected chi connectivity index (χ0v) is 11.6. The maximum Gasteiger partial charge on any atom is 0.406 e. The van der Waals surface area contributed by atoms with Gasteiger partial charge in [-0.15, -0.1) is 0 Å². The summed E-state index contributed by atoms with van der Waals surface area (Å²) in [5.74, 6) is 0. The Kier molecular flexibility index (Phi) is 4.22. The highest BCUT2D eigenvalue weighted by Gasteiger charge is 2.55. The number of amidine groups is 1. The van der Waals surface area contributed by atoms with Gasteiger partial charge >= 0.3 is 6.18 Å². The first-order valence-corrected chi connectivity index (χ1v) is 6.76. The van der Waals surface area contributed by atoms with Crippen LogP contribution in [0.4, 0.5) is 13.2 Å². The molecule has 2 aliphatic rings.